The van der Waals surface area contributed by atoms with Crippen LogP contribution in [0.25, 0.3) is 0 Å². The van der Waals surface area contributed by atoms with Gasteiger partial charge in [0.05, 0.1) is 6.26 Å². The molecule has 96 valence electrons. The van der Waals surface area contributed by atoms with Crippen molar-refractivity contribution in [3.05, 3.63) is 24.2 Å². The third-order valence-electron chi connectivity index (χ3n) is 2.56. The lowest BCUT2D eigenvalue weighted by molar-refractivity contribution is -0.121. The van der Waals surface area contributed by atoms with E-state index in [2.05, 4.69) is 21.2 Å². The number of aryl methyl sites for hydroxylation is 1. The lowest BCUT2D eigenvalue weighted by Gasteiger charge is -2.04. The molecule has 3 nitrogen and oxygen atoms in total. The van der Waals surface area contributed by atoms with Gasteiger partial charge in [0.25, 0.3) is 0 Å². The monoisotopic (exact) mass is 301 g/mol. The fourth-order valence-electron chi connectivity index (χ4n) is 1.58. The molecule has 1 aromatic heterocycles. The van der Waals surface area contributed by atoms with Gasteiger partial charge in [-0.25, -0.2) is 0 Å². The number of rotatable bonds is 9. The quantitative estimate of drug-likeness (QED) is 0.562. The van der Waals surface area contributed by atoms with Crippen LogP contribution in [0.2, 0.25) is 0 Å². The molecular weight excluding hydrogens is 282 g/mol. The van der Waals surface area contributed by atoms with Crippen molar-refractivity contribution >= 4 is 21.8 Å². The Balaban J connectivity index is 1.94. The third-order valence-corrected chi connectivity index (χ3v) is 3.12. The van der Waals surface area contributed by atoms with E-state index in [0.29, 0.717) is 12.8 Å². The van der Waals surface area contributed by atoms with Gasteiger partial charge in [-0.2, -0.15) is 0 Å². The predicted molar refractivity (Wildman–Crippen MR) is 72.3 cm³/mol. The van der Waals surface area contributed by atoms with E-state index in [1.807, 2.05) is 12.1 Å². The number of carbonyl (C=O) groups excluding carboxylic acids is 1. The molecular formula is C13H20BrNO2. The highest BCUT2D eigenvalue weighted by molar-refractivity contribution is 9.09. The predicted octanol–water partition coefficient (Wildman–Crippen LogP) is 3.28. The number of alkyl halides is 1. The van der Waals surface area contributed by atoms with Crippen LogP contribution >= 0.6 is 15.9 Å². The second-order valence-electron chi connectivity index (χ2n) is 4.03. The molecule has 0 atom stereocenters. The third kappa shape index (κ3) is 7.21. The molecule has 1 heterocycles. The number of nitrogens with one attached hydrogen (secondary N) is 1. The molecule has 4 heteroatoms. The van der Waals surface area contributed by atoms with Crippen molar-refractivity contribution in [3.8, 4) is 0 Å². The van der Waals surface area contributed by atoms with Gasteiger partial charge in [0.15, 0.2) is 0 Å². The number of hydrogen-bond acceptors (Lipinski definition) is 2. The highest BCUT2D eigenvalue weighted by Crippen LogP contribution is 2.04. The molecule has 0 aliphatic carbocycles. The van der Waals surface area contributed by atoms with Gasteiger partial charge in [0, 0.05) is 24.7 Å². The largest absolute Gasteiger partial charge is 0.469 e. The van der Waals surface area contributed by atoms with Gasteiger partial charge >= 0.3 is 0 Å². The van der Waals surface area contributed by atoms with Gasteiger partial charge in [0.1, 0.15) is 5.76 Å². The van der Waals surface area contributed by atoms with Crippen LogP contribution in [0.5, 0.6) is 0 Å². The molecule has 0 aliphatic heterocycles. The standard InChI is InChI=1S/C13H20BrNO2/c14-9-3-1-2-4-10-15-13(16)8-7-12-6-5-11-17-12/h5-6,11H,1-4,7-10H2,(H,15,16). The molecule has 1 rings (SSSR count). The van der Waals surface area contributed by atoms with E-state index >= 15 is 0 Å². The van der Waals surface area contributed by atoms with E-state index in [0.717, 1.165) is 24.1 Å². The summed E-state index contributed by atoms with van der Waals surface area (Å²) in [5, 5.41) is 4.00. The lowest BCUT2D eigenvalue weighted by Crippen LogP contribution is -2.24. The number of carbonyl (C=O) groups is 1. The maximum absolute atomic E-state index is 11.5. The van der Waals surface area contributed by atoms with Crippen LogP contribution in [-0.4, -0.2) is 17.8 Å². The summed E-state index contributed by atoms with van der Waals surface area (Å²) in [6.07, 6.45) is 7.53. The smallest absolute Gasteiger partial charge is 0.220 e. The Hall–Kier alpha value is -0.770. The second-order valence-corrected chi connectivity index (χ2v) is 4.83. The van der Waals surface area contributed by atoms with Crippen LogP contribution in [-0.2, 0) is 11.2 Å². The van der Waals surface area contributed by atoms with Gasteiger partial charge in [-0.3, -0.25) is 4.79 Å². The minimum absolute atomic E-state index is 0.113. The Bertz CT molecular complexity index is 298. The number of halogens is 1. The van der Waals surface area contributed by atoms with Crippen molar-refractivity contribution in [1.29, 1.82) is 0 Å². The molecule has 0 aliphatic rings. The van der Waals surface area contributed by atoms with Gasteiger partial charge in [0.2, 0.25) is 5.91 Å². The van der Waals surface area contributed by atoms with Crippen molar-refractivity contribution in [1.82, 2.24) is 5.32 Å². The first-order chi connectivity index (χ1) is 8.33. The van der Waals surface area contributed by atoms with Crippen LogP contribution in [0.4, 0.5) is 0 Å². The summed E-state index contributed by atoms with van der Waals surface area (Å²) >= 11 is 3.40. The highest BCUT2D eigenvalue weighted by atomic mass is 79.9. The number of furan rings is 1. The van der Waals surface area contributed by atoms with Crippen molar-refractivity contribution < 1.29 is 9.21 Å². The number of amides is 1. The van der Waals surface area contributed by atoms with E-state index in [1.165, 1.54) is 19.3 Å². The SMILES string of the molecule is O=C(CCc1ccco1)NCCCCCCBr. The molecule has 0 bridgehead atoms. The summed E-state index contributed by atoms with van der Waals surface area (Å²) in [5.74, 6) is 0.986. The summed E-state index contributed by atoms with van der Waals surface area (Å²) in [4.78, 5) is 11.5. The first-order valence-corrected chi connectivity index (χ1v) is 7.30. The maximum atomic E-state index is 11.5. The van der Waals surface area contributed by atoms with Crippen LogP contribution < -0.4 is 5.32 Å². The topological polar surface area (TPSA) is 42.2 Å². The Kier molecular flexibility index (Phi) is 7.80. The Morgan fingerprint density at radius 2 is 2.12 bits per heavy atom. The summed E-state index contributed by atoms with van der Waals surface area (Å²) in [5.41, 5.74) is 0. The zero-order valence-corrected chi connectivity index (χ0v) is 11.7. The minimum atomic E-state index is 0.113. The van der Waals surface area contributed by atoms with Gasteiger partial charge < -0.3 is 9.73 Å². The molecule has 0 saturated carbocycles. The molecule has 0 saturated heterocycles. The number of unbranched alkanes of at least 4 members (excludes halogenated alkanes) is 3. The number of hydrogen-bond donors (Lipinski definition) is 1. The van der Waals surface area contributed by atoms with Gasteiger partial charge in [-0.05, 0) is 25.0 Å². The molecule has 1 amide bonds. The van der Waals surface area contributed by atoms with Crippen molar-refractivity contribution in [2.45, 2.75) is 38.5 Å². The van der Waals surface area contributed by atoms with Crippen LogP contribution in [0, 0.1) is 0 Å². The van der Waals surface area contributed by atoms with Crippen LogP contribution in [0.1, 0.15) is 37.9 Å². The van der Waals surface area contributed by atoms with E-state index in [1.54, 1.807) is 6.26 Å². The van der Waals surface area contributed by atoms with Crippen LogP contribution in [0.3, 0.4) is 0 Å². The maximum Gasteiger partial charge on any atom is 0.220 e. The van der Waals surface area contributed by atoms with Gasteiger partial charge in [-0.1, -0.05) is 28.8 Å². The van der Waals surface area contributed by atoms with E-state index < -0.39 is 0 Å². The normalized spacial score (nSPS) is 10.4. The molecule has 0 unspecified atom stereocenters. The average Bonchev–Trinajstić information content (AvgIpc) is 2.84. The van der Waals surface area contributed by atoms with Crippen molar-refractivity contribution in [3.63, 3.8) is 0 Å². The molecule has 1 N–H and O–H groups in total. The summed E-state index contributed by atoms with van der Waals surface area (Å²) < 4.78 is 5.17. The molecule has 0 spiro atoms. The van der Waals surface area contributed by atoms with E-state index in [4.69, 9.17) is 4.42 Å². The first kappa shape index (κ1) is 14.3. The Morgan fingerprint density at radius 3 is 2.82 bits per heavy atom. The minimum Gasteiger partial charge on any atom is -0.469 e. The molecule has 0 aromatic carbocycles. The van der Waals surface area contributed by atoms with Crippen molar-refractivity contribution in [2.75, 3.05) is 11.9 Å². The van der Waals surface area contributed by atoms with E-state index in [9.17, 15) is 4.79 Å². The fraction of sp³-hybridized carbons (Fsp3) is 0.615. The zero-order valence-electron chi connectivity index (χ0n) is 10.1. The Labute approximate surface area is 111 Å². The summed E-state index contributed by atoms with van der Waals surface area (Å²) in [7, 11) is 0. The van der Waals surface area contributed by atoms with Crippen LogP contribution in [0.15, 0.2) is 22.8 Å². The first-order valence-electron chi connectivity index (χ1n) is 6.18. The molecule has 1 aromatic rings. The second kappa shape index (κ2) is 9.28. The Morgan fingerprint density at radius 1 is 1.29 bits per heavy atom. The van der Waals surface area contributed by atoms with Gasteiger partial charge in [-0.15, -0.1) is 0 Å². The average molecular weight is 302 g/mol. The summed E-state index contributed by atoms with van der Waals surface area (Å²) in [6.45, 7) is 0.791. The van der Waals surface area contributed by atoms with E-state index in [-0.39, 0.29) is 5.91 Å². The molecule has 0 radical (unpaired) electrons. The molecule has 0 fully saturated rings. The fourth-order valence-corrected chi connectivity index (χ4v) is 1.98. The highest BCUT2D eigenvalue weighted by Gasteiger charge is 2.02. The lowest BCUT2D eigenvalue weighted by atomic mass is 10.2. The summed E-state index contributed by atoms with van der Waals surface area (Å²) in [6, 6.07) is 3.74. The zero-order chi connectivity index (χ0) is 12.3. The van der Waals surface area contributed by atoms with Crippen molar-refractivity contribution in [2.24, 2.45) is 0 Å². The molecule has 17 heavy (non-hydrogen) atoms.